The van der Waals surface area contributed by atoms with Gasteiger partial charge < -0.3 is 25.4 Å². The predicted molar refractivity (Wildman–Crippen MR) is 136 cm³/mol. The summed E-state index contributed by atoms with van der Waals surface area (Å²) in [4.78, 5) is 20.9. The molecule has 4 rings (SSSR count). The molecule has 3 aromatic rings. The molecule has 1 fully saturated rings. The van der Waals surface area contributed by atoms with Crippen molar-refractivity contribution in [2.75, 3.05) is 36.3 Å². The van der Waals surface area contributed by atoms with Gasteiger partial charge in [-0.25, -0.2) is 4.98 Å². The normalized spacial score (nSPS) is 12.3. The van der Waals surface area contributed by atoms with Crippen LogP contribution in [0.15, 0.2) is 67.4 Å². The van der Waals surface area contributed by atoms with Crippen molar-refractivity contribution >= 4 is 34.7 Å². The molecule has 0 aliphatic heterocycles. The number of aromatic nitrogens is 2. The van der Waals surface area contributed by atoms with Crippen LogP contribution in [-0.2, 0) is 9.53 Å². The van der Waals surface area contributed by atoms with Gasteiger partial charge in [-0.2, -0.15) is 4.98 Å². The van der Waals surface area contributed by atoms with Gasteiger partial charge >= 0.3 is 0 Å². The third-order valence-electron chi connectivity index (χ3n) is 5.08. The SMILES string of the molecule is C.C=CC(=O)Nc1cccc(Nc2nc(Nc3ccc(OCCOC)cc3)ncc2C2CC2)c1. The minimum Gasteiger partial charge on any atom is -0.491 e. The van der Waals surface area contributed by atoms with Crippen molar-refractivity contribution < 1.29 is 14.3 Å². The minimum absolute atomic E-state index is 0. The Kier molecular flexibility index (Phi) is 8.59. The fourth-order valence-electron chi connectivity index (χ4n) is 3.26. The zero-order valence-corrected chi connectivity index (χ0v) is 18.5. The molecule has 1 heterocycles. The lowest BCUT2D eigenvalue weighted by atomic mass is 10.2. The number of methoxy groups -OCH3 is 1. The number of ether oxygens (including phenoxy) is 2. The minimum atomic E-state index is -0.255. The van der Waals surface area contributed by atoms with Crippen LogP contribution in [0.2, 0.25) is 0 Å². The molecule has 1 aliphatic rings. The lowest BCUT2D eigenvalue weighted by molar-refractivity contribution is -0.111. The molecule has 3 N–H and O–H groups in total. The van der Waals surface area contributed by atoms with Crippen molar-refractivity contribution in [1.82, 2.24) is 9.97 Å². The van der Waals surface area contributed by atoms with Crippen molar-refractivity contribution in [2.24, 2.45) is 0 Å². The van der Waals surface area contributed by atoms with Gasteiger partial charge in [-0.3, -0.25) is 4.79 Å². The molecule has 1 aliphatic carbocycles. The number of amides is 1. The highest BCUT2D eigenvalue weighted by Crippen LogP contribution is 2.43. The van der Waals surface area contributed by atoms with Crippen LogP contribution in [0, 0.1) is 0 Å². The zero-order chi connectivity index (χ0) is 23.0. The lowest BCUT2D eigenvalue weighted by Crippen LogP contribution is -2.08. The van der Waals surface area contributed by atoms with E-state index in [2.05, 4.69) is 27.5 Å². The molecule has 0 atom stereocenters. The van der Waals surface area contributed by atoms with E-state index in [4.69, 9.17) is 14.5 Å². The third kappa shape index (κ3) is 6.79. The number of hydrogen-bond acceptors (Lipinski definition) is 7. The average molecular weight is 462 g/mol. The first-order valence-corrected chi connectivity index (χ1v) is 10.8. The van der Waals surface area contributed by atoms with Crippen LogP contribution < -0.4 is 20.7 Å². The largest absolute Gasteiger partial charge is 0.491 e. The molecule has 1 aromatic heterocycles. The fourth-order valence-corrected chi connectivity index (χ4v) is 3.26. The van der Waals surface area contributed by atoms with Crippen molar-refractivity contribution in [2.45, 2.75) is 26.2 Å². The van der Waals surface area contributed by atoms with E-state index in [0.29, 0.717) is 30.8 Å². The molecule has 8 nitrogen and oxygen atoms in total. The number of nitrogens with zero attached hydrogens (tertiary/aromatic N) is 2. The van der Waals surface area contributed by atoms with Gasteiger partial charge in [-0.1, -0.05) is 20.1 Å². The Hall–Kier alpha value is -3.91. The summed E-state index contributed by atoms with van der Waals surface area (Å²) < 4.78 is 10.6. The highest BCUT2D eigenvalue weighted by atomic mass is 16.5. The Morgan fingerprint density at radius 2 is 1.85 bits per heavy atom. The number of carbonyl (C=O) groups excluding carboxylic acids is 1. The molecule has 0 bridgehead atoms. The van der Waals surface area contributed by atoms with Crippen LogP contribution >= 0.6 is 0 Å². The number of carbonyl (C=O) groups is 1. The summed E-state index contributed by atoms with van der Waals surface area (Å²) in [6, 6.07) is 15.1. The maximum Gasteiger partial charge on any atom is 0.247 e. The summed E-state index contributed by atoms with van der Waals surface area (Å²) in [7, 11) is 1.64. The van der Waals surface area contributed by atoms with E-state index < -0.39 is 0 Å². The van der Waals surface area contributed by atoms with E-state index in [9.17, 15) is 4.79 Å². The van der Waals surface area contributed by atoms with E-state index >= 15 is 0 Å². The van der Waals surface area contributed by atoms with Crippen LogP contribution in [0.5, 0.6) is 5.75 Å². The van der Waals surface area contributed by atoms with Crippen LogP contribution in [-0.4, -0.2) is 36.2 Å². The second-order valence-electron chi connectivity index (χ2n) is 7.66. The molecule has 0 unspecified atom stereocenters. The van der Waals surface area contributed by atoms with Crippen LogP contribution in [0.25, 0.3) is 0 Å². The van der Waals surface area contributed by atoms with E-state index in [1.807, 2.05) is 54.7 Å². The number of benzene rings is 2. The summed E-state index contributed by atoms with van der Waals surface area (Å²) >= 11 is 0. The molecular weight excluding hydrogens is 430 g/mol. The van der Waals surface area contributed by atoms with Crippen molar-refractivity contribution in [3.05, 3.63) is 72.9 Å². The molecule has 2 aromatic carbocycles. The first kappa shape index (κ1) is 24.7. The molecule has 0 saturated heterocycles. The Morgan fingerprint density at radius 1 is 1.09 bits per heavy atom. The van der Waals surface area contributed by atoms with Crippen molar-refractivity contribution in [3.63, 3.8) is 0 Å². The van der Waals surface area contributed by atoms with Crippen molar-refractivity contribution in [3.8, 4) is 5.75 Å². The summed E-state index contributed by atoms with van der Waals surface area (Å²) in [6.07, 6.45) is 5.38. The molecular formula is C26H31N5O3. The molecule has 0 radical (unpaired) electrons. The highest BCUT2D eigenvalue weighted by Gasteiger charge is 2.27. The standard InChI is InChI=1S/C25H27N5O3.CH4/c1-3-23(31)27-19-5-4-6-20(15-19)28-24-22(17-7-8-17)16-26-25(30-24)29-18-9-11-21(12-10-18)33-14-13-32-2;/h3-6,9-12,15-17H,1,7-8,13-14H2,2H3,(H,27,31)(H2,26,28,29,30);1H4. The maximum atomic E-state index is 11.6. The van der Waals surface area contributed by atoms with Crippen molar-refractivity contribution in [1.29, 1.82) is 0 Å². The van der Waals surface area contributed by atoms with E-state index in [1.165, 1.54) is 6.08 Å². The van der Waals surface area contributed by atoms with Crippen LogP contribution in [0.1, 0.15) is 31.7 Å². The first-order chi connectivity index (χ1) is 16.1. The summed E-state index contributed by atoms with van der Waals surface area (Å²) in [5.41, 5.74) is 3.44. The molecule has 1 amide bonds. The second kappa shape index (κ2) is 11.8. The van der Waals surface area contributed by atoms with Gasteiger partial charge in [0.2, 0.25) is 11.9 Å². The zero-order valence-electron chi connectivity index (χ0n) is 18.5. The smallest absolute Gasteiger partial charge is 0.247 e. The second-order valence-corrected chi connectivity index (χ2v) is 7.66. The van der Waals surface area contributed by atoms with Gasteiger partial charge in [0.1, 0.15) is 18.2 Å². The summed E-state index contributed by atoms with van der Waals surface area (Å²) in [5, 5.41) is 9.41. The summed E-state index contributed by atoms with van der Waals surface area (Å²) in [6.45, 7) is 4.53. The molecule has 8 heteroatoms. The predicted octanol–water partition coefficient (Wildman–Crippen LogP) is 5.63. The highest BCUT2D eigenvalue weighted by molar-refractivity contribution is 5.99. The quantitative estimate of drug-likeness (QED) is 0.252. The molecule has 0 spiro atoms. The van der Waals surface area contributed by atoms with Gasteiger partial charge in [0.25, 0.3) is 0 Å². The number of hydrogen-bond donors (Lipinski definition) is 3. The van der Waals surface area contributed by atoms with E-state index in [0.717, 1.165) is 41.3 Å². The summed E-state index contributed by atoms with van der Waals surface area (Å²) in [5.74, 6) is 2.23. The van der Waals surface area contributed by atoms with E-state index in [1.54, 1.807) is 7.11 Å². The van der Waals surface area contributed by atoms with Crippen LogP contribution in [0.3, 0.4) is 0 Å². The number of anilines is 5. The van der Waals surface area contributed by atoms with E-state index in [-0.39, 0.29) is 13.3 Å². The maximum absolute atomic E-state index is 11.6. The lowest BCUT2D eigenvalue weighted by Gasteiger charge is -2.14. The van der Waals surface area contributed by atoms with Gasteiger partial charge in [-0.05, 0) is 67.3 Å². The Bertz CT molecular complexity index is 1110. The number of nitrogens with one attached hydrogen (secondary N) is 3. The van der Waals surface area contributed by atoms with Gasteiger partial charge in [0.15, 0.2) is 0 Å². The van der Waals surface area contributed by atoms with Gasteiger partial charge in [-0.15, -0.1) is 0 Å². The molecule has 178 valence electrons. The Balaban J connectivity index is 0.00000324. The molecule has 1 saturated carbocycles. The topological polar surface area (TPSA) is 97.4 Å². The van der Waals surface area contributed by atoms with Crippen LogP contribution in [0.4, 0.5) is 28.8 Å². The monoisotopic (exact) mass is 461 g/mol. The fraction of sp³-hybridized carbons (Fsp3) is 0.269. The van der Waals surface area contributed by atoms with Gasteiger partial charge in [0, 0.05) is 35.9 Å². The average Bonchev–Trinajstić information content (AvgIpc) is 3.66. The van der Waals surface area contributed by atoms with Gasteiger partial charge in [0.05, 0.1) is 6.61 Å². The molecule has 34 heavy (non-hydrogen) atoms. The number of rotatable bonds is 11. The third-order valence-corrected chi connectivity index (χ3v) is 5.08. The Labute approximate surface area is 200 Å². The Morgan fingerprint density at radius 3 is 2.56 bits per heavy atom. The first-order valence-electron chi connectivity index (χ1n) is 10.8.